The van der Waals surface area contributed by atoms with Gasteiger partial charge in [0, 0.05) is 6.54 Å². The van der Waals surface area contributed by atoms with E-state index in [0.29, 0.717) is 6.54 Å². The molecule has 0 aliphatic heterocycles. The molecule has 0 amide bonds. The van der Waals surface area contributed by atoms with Crippen molar-refractivity contribution in [3.05, 3.63) is 59.0 Å². The van der Waals surface area contributed by atoms with Gasteiger partial charge in [0.1, 0.15) is 11.5 Å². The molecule has 0 saturated heterocycles. The highest BCUT2D eigenvalue weighted by molar-refractivity contribution is 5.75. The predicted octanol–water partition coefficient (Wildman–Crippen LogP) is 3.63. The number of aryl methyl sites for hydroxylation is 1. The van der Waals surface area contributed by atoms with Gasteiger partial charge in [-0.3, -0.25) is 4.79 Å². The number of hydrogen-bond acceptors (Lipinski definition) is 3. The lowest BCUT2D eigenvalue weighted by atomic mass is 10.00. The van der Waals surface area contributed by atoms with Crippen LogP contribution < -0.4 is 5.32 Å². The molecule has 0 spiro atoms. The third kappa shape index (κ3) is 3.95. The number of aliphatic carboxylic acids is 1. The van der Waals surface area contributed by atoms with Crippen molar-refractivity contribution in [1.29, 1.82) is 0 Å². The summed E-state index contributed by atoms with van der Waals surface area (Å²) < 4.78 is 5.58. The number of nitrogens with one attached hydrogen (secondary N) is 1. The zero-order valence-electron chi connectivity index (χ0n) is 12.6. The van der Waals surface area contributed by atoms with Crippen molar-refractivity contribution in [2.45, 2.75) is 39.3 Å². The van der Waals surface area contributed by atoms with Crippen molar-refractivity contribution >= 4 is 5.97 Å². The summed E-state index contributed by atoms with van der Waals surface area (Å²) in [6.07, 6.45) is 0. The molecule has 1 aromatic carbocycles. The first kappa shape index (κ1) is 15.3. The number of hydrogen-bond donors (Lipinski definition) is 2. The van der Waals surface area contributed by atoms with Crippen LogP contribution in [-0.2, 0) is 11.3 Å². The number of rotatable bonds is 6. The van der Waals surface area contributed by atoms with Crippen LogP contribution in [0.15, 0.2) is 40.8 Å². The van der Waals surface area contributed by atoms with Gasteiger partial charge < -0.3 is 14.8 Å². The number of carboxylic acid groups (broad SMARTS) is 1. The molecular formula is C17H21NO3. The Morgan fingerprint density at radius 3 is 2.38 bits per heavy atom. The van der Waals surface area contributed by atoms with Crippen molar-refractivity contribution in [3.8, 4) is 0 Å². The van der Waals surface area contributed by atoms with Crippen molar-refractivity contribution in [2.75, 3.05) is 0 Å². The smallest absolute Gasteiger partial charge is 0.310 e. The van der Waals surface area contributed by atoms with Gasteiger partial charge in [-0.25, -0.2) is 0 Å². The van der Waals surface area contributed by atoms with Crippen LogP contribution in [0.3, 0.4) is 0 Å². The molecule has 0 bridgehead atoms. The van der Waals surface area contributed by atoms with E-state index in [1.165, 1.54) is 0 Å². The largest absolute Gasteiger partial charge is 0.481 e. The Morgan fingerprint density at radius 2 is 1.86 bits per heavy atom. The molecule has 21 heavy (non-hydrogen) atoms. The number of carboxylic acids is 1. The van der Waals surface area contributed by atoms with Crippen LogP contribution in [0.1, 0.15) is 48.5 Å². The summed E-state index contributed by atoms with van der Waals surface area (Å²) in [5.41, 5.74) is 1.94. The molecule has 2 aromatic rings. The Bertz CT molecular complexity index is 601. The second-order valence-electron chi connectivity index (χ2n) is 5.35. The topological polar surface area (TPSA) is 62.5 Å². The Kier molecular flexibility index (Phi) is 4.81. The van der Waals surface area contributed by atoms with Crippen molar-refractivity contribution in [3.63, 3.8) is 0 Å². The van der Waals surface area contributed by atoms with Gasteiger partial charge in [-0.05, 0) is 44.0 Å². The maximum atomic E-state index is 10.9. The van der Waals surface area contributed by atoms with Gasteiger partial charge in [0.2, 0.25) is 0 Å². The van der Waals surface area contributed by atoms with Gasteiger partial charge >= 0.3 is 5.97 Å². The Morgan fingerprint density at radius 1 is 1.19 bits per heavy atom. The minimum Gasteiger partial charge on any atom is -0.481 e. The van der Waals surface area contributed by atoms with Gasteiger partial charge in [-0.1, -0.05) is 24.3 Å². The molecule has 4 heteroatoms. The van der Waals surface area contributed by atoms with Crippen LogP contribution in [0.2, 0.25) is 0 Å². The lowest BCUT2D eigenvalue weighted by molar-refractivity contribution is -0.138. The molecule has 0 fully saturated rings. The normalized spacial score (nSPS) is 13.9. The van der Waals surface area contributed by atoms with E-state index in [0.717, 1.165) is 22.6 Å². The molecule has 1 aromatic heterocycles. The van der Waals surface area contributed by atoms with Gasteiger partial charge in [-0.15, -0.1) is 0 Å². The quantitative estimate of drug-likeness (QED) is 0.851. The van der Waals surface area contributed by atoms with Gasteiger partial charge in [0.25, 0.3) is 0 Å². The first-order valence-electron chi connectivity index (χ1n) is 7.08. The fraction of sp³-hybridized carbons (Fsp3) is 0.353. The fourth-order valence-corrected chi connectivity index (χ4v) is 2.12. The summed E-state index contributed by atoms with van der Waals surface area (Å²) in [4.78, 5) is 10.9. The molecule has 0 saturated carbocycles. The van der Waals surface area contributed by atoms with Gasteiger partial charge in [-0.2, -0.15) is 0 Å². The van der Waals surface area contributed by atoms with Gasteiger partial charge in [0.15, 0.2) is 0 Å². The van der Waals surface area contributed by atoms with Crippen LogP contribution in [0.4, 0.5) is 0 Å². The van der Waals surface area contributed by atoms with Crippen LogP contribution in [-0.4, -0.2) is 11.1 Å². The molecule has 112 valence electrons. The SMILES string of the molecule is Cc1ccc(C(C)NCc2ccc(C(C)C(=O)O)cc2)o1. The molecule has 2 N–H and O–H groups in total. The van der Waals surface area contributed by atoms with E-state index in [1.807, 2.05) is 43.3 Å². The van der Waals surface area contributed by atoms with Crippen molar-refractivity contribution < 1.29 is 14.3 Å². The third-order valence-corrected chi connectivity index (χ3v) is 3.65. The third-order valence-electron chi connectivity index (χ3n) is 3.65. The lowest BCUT2D eigenvalue weighted by Gasteiger charge is -2.12. The second-order valence-corrected chi connectivity index (χ2v) is 5.35. The van der Waals surface area contributed by atoms with E-state index in [-0.39, 0.29) is 6.04 Å². The van der Waals surface area contributed by atoms with E-state index in [4.69, 9.17) is 9.52 Å². The molecular weight excluding hydrogens is 266 g/mol. The summed E-state index contributed by atoms with van der Waals surface area (Å²) in [5, 5.41) is 12.4. The Hall–Kier alpha value is -2.07. The number of carbonyl (C=O) groups is 1. The van der Waals surface area contributed by atoms with Crippen LogP contribution in [0.25, 0.3) is 0 Å². The molecule has 0 aliphatic rings. The number of furan rings is 1. The average molecular weight is 287 g/mol. The summed E-state index contributed by atoms with van der Waals surface area (Å²) in [5.74, 6) is 0.550. The van der Waals surface area contributed by atoms with Crippen molar-refractivity contribution in [1.82, 2.24) is 5.32 Å². The van der Waals surface area contributed by atoms with E-state index >= 15 is 0 Å². The van der Waals surface area contributed by atoms with E-state index < -0.39 is 11.9 Å². The number of benzene rings is 1. The summed E-state index contributed by atoms with van der Waals surface area (Å²) >= 11 is 0. The highest BCUT2D eigenvalue weighted by Gasteiger charge is 2.13. The summed E-state index contributed by atoms with van der Waals surface area (Å²) in [6.45, 7) is 6.39. The first-order valence-corrected chi connectivity index (χ1v) is 7.08. The monoisotopic (exact) mass is 287 g/mol. The van der Waals surface area contributed by atoms with E-state index in [9.17, 15) is 4.79 Å². The molecule has 2 unspecified atom stereocenters. The molecule has 1 heterocycles. The van der Waals surface area contributed by atoms with E-state index in [1.54, 1.807) is 6.92 Å². The minimum atomic E-state index is -0.803. The first-order chi connectivity index (χ1) is 9.97. The summed E-state index contributed by atoms with van der Waals surface area (Å²) in [6, 6.07) is 11.7. The fourth-order valence-electron chi connectivity index (χ4n) is 2.12. The molecule has 0 radical (unpaired) electrons. The molecule has 2 atom stereocenters. The maximum absolute atomic E-state index is 10.9. The maximum Gasteiger partial charge on any atom is 0.310 e. The highest BCUT2D eigenvalue weighted by atomic mass is 16.4. The molecule has 4 nitrogen and oxygen atoms in total. The van der Waals surface area contributed by atoms with Crippen LogP contribution in [0, 0.1) is 6.92 Å². The van der Waals surface area contributed by atoms with Crippen LogP contribution >= 0.6 is 0 Å². The Balaban J connectivity index is 1.93. The van der Waals surface area contributed by atoms with Crippen molar-refractivity contribution in [2.24, 2.45) is 0 Å². The zero-order chi connectivity index (χ0) is 15.4. The lowest BCUT2D eigenvalue weighted by Crippen LogP contribution is -2.17. The predicted molar refractivity (Wildman–Crippen MR) is 81.2 cm³/mol. The zero-order valence-corrected chi connectivity index (χ0v) is 12.6. The van der Waals surface area contributed by atoms with Crippen LogP contribution in [0.5, 0.6) is 0 Å². The summed E-state index contributed by atoms with van der Waals surface area (Å²) in [7, 11) is 0. The minimum absolute atomic E-state index is 0.135. The highest BCUT2D eigenvalue weighted by Crippen LogP contribution is 2.18. The van der Waals surface area contributed by atoms with E-state index in [2.05, 4.69) is 12.2 Å². The van der Waals surface area contributed by atoms with Gasteiger partial charge in [0.05, 0.1) is 12.0 Å². The molecule has 2 rings (SSSR count). The second kappa shape index (κ2) is 6.59. The Labute approximate surface area is 124 Å². The standard InChI is InChI=1S/C17H21NO3/c1-11-4-9-16(21-11)13(3)18-10-14-5-7-15(8-6-14)12(2)17(19)20/h4-9,12-13,18H,10H2,1-3H3,(H,19,20). The average Bonchev–Trinajstić information content (AvgIpc) is 2.91. The molecule has 0 aliphatic carbocycles.